The Kier molecular flexibility index (Phi) is 4.91. The molecule has 0 spiro atoms. The van der Waals surface area contributed by atoms with Gasteiger partial charge < -0.3 is 15.3 Å². The highest BCUT2D eigenvalue weighted by Crippen LogP contribution is 2.31. The minimum atomic E-state index is -0.969. The van der Waals surface area contributed by atoms with Gasteiger partial charge in [-0.15, -0.1) is 0 Å². The van der Waals surface area contributed by atoms with Gasteiger partial charge in [0.15, 0.2) is 0 Å². The molecule has 0 aromatic heterocycles. The van der Waals surface area contributed by atoms with Crippen molar-refractivity contribution in [3.8, 4) is 0 Å². The number of carbonyl (C=O) groups is 4. The average Bonchev–Trinajstić information content (AvgIpc) is 2.98. The van der Waals surface area contributed by atoms with Gasteiger partial charge >= 0.3 is 12.0 Å². The van der Waals surface area contributed by atoms with Gasteiger partial charge in [0.2, 0.25) is 5.91 Å². The zero-order valence-corrected chi connectivity index (χ0v) is 15.3. The Balaban J connectivity index is 1.80. The third kappa shape index (κ3) is 3.79. The SMILES string of the molecule is CC(C)(CC(=O)O)CC(=O)N1CC[C@@H]2NC(=O)N(c3ccccc3)C(=O)[C@H]21. The molecule has 2 aliphatic heterocycles. The lowest BCUT2D eigenvalue weighted by atomic mass is 9.85. The number of hydrogen-bond donors (Lipinski definition) is 2. The van der Waals surface area contributed by atoms with Crippen molar-refractivity contribution in [2.45, 2.75) is 45.2 Å². The van der Waals surface area contributed by atoms with Crippen LogP contribution >= 0.6 is 0 Å². The van der Waals surface area contributed by atoms with Crippen molar-refractivity contribution in [3.63, 3.8) is 0 Å². The van der Waals surface area contributed by atoms with E-state index in [-0.39, 0.29) is 18.7 Å². The van der Waals surface area contributed by atoms with E-state index in [9.17, 15) is 19.2 Å². The van der Waals surface area contributed by atoms with Gasteiger partial charge in [0.05, 0.1) is 18.2 Å². The molecule has 2 saturated heterocycles. The van der Waals surface area contributed by atoms with E-state index in [1.165, 1.54) is 4.90 Å². The molecule has 4 amide bonds. The highest BCUT2D eigenvalue weighted by Gasteiger charge is 2.50. The fourth-order valence-electron chi connectivity index (χ4n) is 3.79. The monoisotopic (exact) mass is 373 g/mol. The number of aliphatic carboxylic acids is 1. The lowest BCUT2D eigenvalue weighted by Crippen LogP contribution is -2.65. The summed E-state index contributed by atoms with van der Waals surface area (Å²) < 4.78 is 0. The Morgan fingerprint density at radius 3 is 2.48 bits per heavy atom. The van der Waals surface area contributed by atoms with Crippen molar-refractivity contribution in [2.24, 2.45) is 5.41 Å². The number of benzene rings is 1. The number of para-hydroxylation sites is 1. The number of anilines is 1. The molecule has 0 saturated carbocycles. The molecule has 2 N–H and O–H groups in total. The molecule has 1 aromatic carbocycles. The Hall–Kier alpha value is -2.90. The van der Waals surface area contributed by atoms with E-state index >= 15 is 0 Å². The maximum Gasteiger partial charge on any atom is 0.329 e. The summed E-state index contributed by atoms with van der Waals surface area (Å²) >= 11 is 0. The summed E-state index contributed by atoms with van der Waals surface area (Å²) in [4.78, 5) is 51.8. The molecule has 27 heavy (non-hydrogen) atoms. The normalized spacial score (nSPS) is 22.4. The number of rotatable bonds is 5. The van der Waals surface area contributed by atoms with Crippen LogP contribution < -0.4 is 10.2 Å². The molecular weight excluding hydrogens is 350 g/mol. The lowest BCUT2D eigenvalue weighted by molar-refractivity contribution is -0.143. The molecule has 2 heterocycles. The fraction of sp³-hybridized carbons (Fsp3) is 0.474. The third-order valence-electron chi connectivity index (χ3n) is 4.98. The maximum absolute atomic E-state index is 13.1. The minimum absolute atomic E-state index is 0.0229. The summed E-state index contributed by atoms with van der Waals surface area (Å²) in [5, 5.41) is 11.8. The highest BCUT2D eigenvalue weighted by molar-refractivity contribution is 6.19. The third-order valence-corrected chi connectivity index (χ3v) is 4.98. The van der Waals surface area contributed by atoms with E-state index in [2.05, 4.69) is 5.32 Å². The molecule has 3 rings (SSSR count). The zero-order chi connectivity index (χ0) is 19.8. The second-order valence-corrected chi connectivity index (χ2v) is 7.80. The summed E-state index contributed by atoms with van der Waals surface area (Å²) in [7, 11) is 0. The van der Waals surface area contributed by atoms with Crippen LogP contribution in [0.5, 0.6) is 0 Å². The molecule has 2 atom stereocenters. The largest absolute Gasteiger partial charge is 0.481 e. The molecule has 2 fully saturated rings. The predicted molar refractivity (Wildman–Crippen MR) is 97.0 cm³/mol. The fourth-order valence-corrected chi connectivity index (χ4v) is 3.79. The molecule has 0 aliphatic carbocycles. The van der Waals surface area contributed by atoms with Crippen LogP contribution in [0.3, 0.4) is 0 Å². The predicted octanol–water partition coefficient (Wildman–Crippen LogP) is 1.60. The van der Waals surface area contributed by atoms with Crippen LogP contribution in [0.4, 0.5) is 10.5 Å². The quantitative estimate of drug-likeness (QED) is 0.815. The van der Waals surface area contributed by atoms with Crippen molar-refractivity contribution in [1.82, 2.24) is 10.2 Å². The van der Waals surface area contributed by atoms with Crippen LogP contribution in [0.2, 0.25) is 0 Å². The van der Waals surface area contributed by atoms with Crippen LogP contribution in [0.1, 0.15) is 33.1 Å². The molecule has 1 aromatic rings. The second kappa shape index (κ2) is 7.02. The van der Waals surface area contributed by atoms with Crippen LogP contribution in [0.15, 0.2) is 30.3 Å². The molecule has 0 bridgehead atoms. The number of fused-ring (bicyclic) bond motifs is 1. The van der Waals surface area contributed by atoms with E-state index in [4.69, 9.17) is 5.11 Å². The van der Waals surface area contributed by atoms with Gasteiger partial charge in [0, 0.05) is 13.0 Å². The minimum Gasteiger partial charge on any atom is -0.481 e. The van der Waals surface area contributed by atoms with Crippen molar-refractivity contribution >= 4 is 29.5 Å². The Morgan fingerprint density at radius 2 is 1.85 bits per heavy atom. The van der Waals surface area contributed by atoms with Crippen molar-refractivity contribution in [3.05, 3.63) is 30.3 Å². The van der Waals surface area contributed by atoms with Gasteiger partial charge in [0.1, 0.15) is 6.04 Å². The van der Waals surface area contributed by atoms with Gasteiger partial charge in [-0.2, -0.15) is 0 Å². The van der Waals surface area contributed by atoms with E-state index in [1.54, 1.807) is 44.2 Å². The number of carbonyl (C=O) groups excluding carboxylic acids is 3. The summed E-state index contributed by atoms with van der Waals surface area (Å²) in [5.74, 6) is -1.67. The number of hydrogen-bond acceptors (Lipinski definition) is 4. The number of urea groups is 1. The summed E-state index contributed by atoms with van der Waals surface area (Å²) in [6.07, 6.45) is 0.381. The first kappa shape index (κ1) is 18.9. The van der Waals surface area contributed by atoms with E-state index in [0.717, 1.165) is 4.90 Å². The molecule has 0 radical (unpaired) electrons. The molecule has 0 unspecified atom stereocenters. The molecule has 8 heteroatoms. The molecule has 144 valence electrons. The maximum atomic E-state index is 13.1. The van der Waals surface area contributed by atoms with Gasteiger partial charge in [-0.1, -0.05) is 32.0 Å². The first-order valence-electron chi connectivity index (χ1n) is 8.90. The number of nitrogens with zero attached hydrogens (tertiary/aromatic N) is 2. The first-order chi connectivity index (χ1) is 12.7. The van der Waals surface area contributed by atoms with E-state index in [1.807, 2.05) is 0 Å². The first-order valence-corrected chi connectivity index (χ1v) is 8.90. The van der Waals surface area contributed by atoms with Crippen LogP contribution in [-0.2, 0) is 14.4 Å². The van der Waals surface area contributed by atoms with Gasteiger partial charge in [-0.3, -0.25) is 14.4 Å². The summed E-state index contributed by atoms with van der Waals surface area (Å²) in [6, 6.07) is 6.89. The topological polar surface area (TPSA) is 107 Å². The number of amides is 4. The number of nitrogens with one attached hydrogen (secondary N) is 1. The zero-order valence-electron chi connectivity index (χ0n) is 15.3. The van der Waals surface area contributed by atoms with E-state index in [0.29, 0.717) is 18.7 Å². The molecular formula is C19H23N3O5. The Bertz CT molecular complexity index is 777. The number of carboxylic acids is 1. The van der Waals surface area contributed by atoms with Gasteiger partial charge in [-0.25, -0.2) is 9.69 Å². The number of carboxylic acid groups (broad SMARTS) is 1. The average molecular weight is 373 g/mol. The highest BCUT2D eigenvalue weighted by atomic mass is 16.4. The van der Waals surface area contributed by atoms with Crippen LogP contribution in [0, 0.1) is 5.41 Å². The number of likely N-dealkylation sites (tertiary alicyclic amines) is 1. The van der Waals surface area contributed by atoms with Crippen molar-refractivity contribution < 1.29 is 24.3 Å². The smallest absolute Gasteiger partial charge is 0.329 e. The van der Waals surface area contributed by atoms with Gasteiger partial charge in [-0.05, 0) is 24.0 Å². The van der Waals surface area contributed by atoms with Crippen LogP contribution in [0.25, 0.3) is 0 Å². The summed E-state index contributed by atoms with van der Waals surface area (Å²) in [6.45, 7) is 3.78. The standard InChI is InChI=1S/C19H23N3O5/c1-19(2,11-15(24)25)10-14(23)21-9-8-13-16(21)17(26)22(18(27)20-13)12-6-4-3-5-7-12/h3-7,13,16H,8-11H2,1-2H3,(H,20,27)(H,24,25)/t13-,16-/m0/s1. The van der Waals surface area contributed by atoms with Crippen molar-refractivity contribution in [2.75, 3.05) is 11.4 Å². The Labute approximate surface area is 157 Å². The van der Waals surface area contributed by atoms with Crippen LogP contribution in [-0.4, -0.2) is 52.4 Å². The van der Waals surface area contributed by atoms with E-state index < -0.39 is 35.4 Å². The summed E-state index contributed by atoms with van der Waals surface area (Å²) in [5.41, 5.74) is -0.273. The van der Waals surface area contributed by atoms with Gasteiger partial charge in [0.25, 0.3) is 5.91 Å². The molecule has 8 nitrogen and oxygen atoms in total. The number of imide groups is 1. The lowest BCUT2D eigenvalue weighted by Gasteiger charge is -2.37. The Morgan fingerprint density at radius 1 is 1.19 bits per heavy atom. The molecule has 2 aliphatic rings. The second-order valence-electron chi connectivity index (χ2n) is 7.80. The van der Waals surface area contributed by atoms with Crippen molar-refractivity contribution in [1.29, 1.82) is 0 Å².